The van der Waals surface area contributed by atoms with Crippen LogP contribution in [0.25, 0.3) is 0 Å². The minimum Gasteiger partial charge on any atom is -0.496 e. The van der Waals surface area contributed by atoms with Crippen molar-refractivity contribution in [2.45, 2.75) is 63.0 Å². The molecule has 1 aliphatic heterocycles. The predicted molar refractivity (Wildman–Crippen MR) is 202 cm³/mol. The Bertz CT molecular complexity index is 1720. The molecule has 3 unspecified atom stereocenters. The van der Waals surface area contributed by atoms with Gasteiger partial charge in [0.25, 0.3) is 0 Å². The lowest BCUT2D eigenvalue weighted by molar-refractivity contribution is 0.102. The molecule has 1 aliphatic carbocycles. The van der Waals surface area contributed by atoms with Gasteiger partial charge in [0.2, 0.25) is 0 Å². The number of nitrogens with zero attached hydrogens (tertiary/aromatic N) is 3. The average Bonchev–Trinajstić information content (AvgIpc) is 3.57. The number of β-amino-alcohol motifs (C(OH)–C–C–N with tert-alkyl or cyclic N) is 1. The quantitative estimate of drug-likeness (QED) is 0.105. The number of nitrogens with one attached hydrogen (secondary N) is 1. The van der Waals surface area contributed by atoms with E-state index in [1.54, 1.807) is 32.5 Å². The van der Waals surface area contributed by atoms with E-state index in [-0.39, 0.29) is 36.7 Å². The molecule has 2 heterocycles. The van der Waals surface area contributed by atoms with Crippen molar-refractivity contribution in [1.29, 1.82) is 5.26 Å². The fourth-order valence-electron chi connectivity index (χ4n) is 6.47. The van der Waals surface area contributed by atoms with Crippen molar-refractivity contribution >= 4 is 23.2 Å². The van der Waals surface area contributed by atoms with Gasteiger partial charge in [-0.1, -0.05) is 42.0 Å². The second-order valence-electron chi connectivity index (χ2n) is 13.1. The van der Waals surface area contributed by atoms with Gasteiger partial charge < -0.3 is 39.0 Å². The van der Waals surface area contributed by atoms with Crippen LogP contribution in [0.3, 0.4) is 0 Å². The number of aliphatic hydroxyl groups is 1. The number of hydrogen-bond donors (Lipinski definition) is 2. The lowest BCUT2D eigenvalue weighted by Crippen LogP contribution is -2.36. The second kappa shape index (κ2) is 20.0. The van der Waals surface area contributed by atoms with E-state index >= 15 is 0 Å². The molecule has 2 aromatic carbocycles. The number of aromatic nitrogens is 1. The number of benzene rings is 2. The Morgan fingerprint density at radius 3 is 2.62 bits per heavy atom. The number of halogens is 2. The summed E-state index contributed by atoms with van der Waals surface area (Å²) in [5.74, 6) is 1.76. The van der Waals surface area contributed by atoms with E-state index in [4.69, 9.17) is 46.9 Å². The minimum absolute atomic E-state index is 0.0373. The van der Waals surface area contributed by atoms with Crippen molar-refractivity contribution in [3.05, 3.63) is 111 Å². The van der Waals surface area contributed by atoms with Crippen LogP contribution in [0, 0.1) is 18.3 Å². The highest BCUT2D eigenvalue weighted by Gasteiger charge is 2.28. The van der Waals surface area contributed by atoms with Gasteiger partial charge in [-0.3, -0.25) is 4.98 Å². The summed E-state index contributed by atoms with van der Waals surface area (Å²) in [5, 5.41) is 22.7. The first-order valence-corrected chi connectivity index (χ1v) is 18.4. The van der Waals surface area contributed by atoms with Gasteiger partial charge in [-0.2, -0.15) is 5.26 Å². The van der Waals surface area contributed by atoms with Crippen molar-refractivity contribution in [3.63, 3.8) is 0 Å². The Morgan fingerprint density at radius 2 is 1.87 bits per heavy atom. The maximum absolute atomic E-state index is 9.79. The summed E-state index contributed by atoms with van der Waals surface area (Å²) >= 11 is 13.9. The predicted octanol–water partition coefficient (Wildman–Crippen LogP) is 6.44. The van der Waals surface area contributed by atoms with Gasteiger partial charge >= 0.3 is 0 Å². The number of nitriles is 1. The maximum atomic E-state index is 9.79. The molecule has 0 bridgehead atoms. The van der Waals surface area contributed by atoms with Crippen LogP contribution in [0.1, 0.15) is 52.1 Å². The van der Waals surface area contributed by atoms with Crippen molar-refractivity contribution in [3.8, 4) is 17.6 Å². The molecular formula is C40H48Cl2N4O6. The monoisotopic (exact) mass is 750 g/mol. The zero-order valence-electron chi connectivity index (χ0n) is 30.0. The first kappa shape index (κ1) is 39.5. The number of alkyl halides is 1. The van der Waals surface area contributed by atoms with Crippen molar-refractivity contribution in [2.75, 3.05) is 53.7 Å². The SMILES string of the molecule is COCC(COC)NCc1cc(Cl)c(OCc2cccc(C3C=CC=C(OCCCN4CCC(O)C4)C3Cl)c2C)cc1OCc1cncc(C#N)c1. The van der Waals surface area contributed by atoms with Crippen molar-refractivity contribution < 1.29 is 28.8 Å². The summed E-state index contributed by atoms with van der Waals surface area (Å²) in [7, 11) is 3.30. The van der Waals surface area contributed by atoms with Gasteiger partial charge in [-0.15, -0.1) is 11.6 Å². The van der Waals surface area contributed by atoms with Gasteiger partial charge in [0.1, 0.15) is 41.9 Å². The number of ether oxygens (including phenoxy) is 5. The molecule has 5 rings (SSSR count). The van der Waals surface area contributed by atoms with Crippen LogP contribution < -0.4 is 14.8 Å². The fraction of sp³-hybridized carbons (Fsp3) is 0.450. The third kappa shape index (κ3) is 10.9. The summed E-state index contributed by atoms with van der Waals surface area (Å²) < 4.78 is 29.5. The zero-order chi connectivity index (χ0) is 36.9. The molecule has 52 heavy (non-hydrogen) atoms. The number of rotatable bonds is 19. The number of likely N-dealkylation sites (tertiary alicyclic amines) is 1. The molecule has 12 heteroatoms. The number of pyridine rings is 1. The van der Waals surface area contributed by atoms with Gasteiger partial charge in [0, 0.05) is 75.9 Å². The summed E-state index contributed by atoms with van der Waals surface area (Å²) in [6, 6.07) is 13.6. The molecule has 3 atom stereocenters. The highest BCUT2D eigenvalue weighted by molar-refractivity contribution is 6.32. The Hall–Kier alpha value is -3.66. The molecule has 0 amide bonds. The van der Waals surface area contributed by atoms with E-state index in [2.05, 4.69) is 40.3 Å². The highest BCUT2D eigenvalue weighted by Crippen LogP contribution is 2.38. The number of methoxy groups -OCH3 is 2. The van der Waals surface area contributed by atoms with Gasteiger partial charge in [-0.05, 0) is 54.7 Å². The standard InChI is InChI=1S/C40H48Cl2N4O6/c1-27-30(7-4-8-34(27)35-9-5-10-37(40(35)42)50-14-6-12-46-13-11-33(47)22-46)24-52-39-17-38(51-23-29-15-28(18-43)19-44-20-29)31(16-36(39)41)21-45-32(25-48-2)26-49-3/h4-5,7-10,15-17,19-20,32-33,35,40,45,47H,6,11-14,21-26H2,1-3H3. The molecule has 2 aliphatic rings. The Balaban J connectivity index is 1.26. The van der Waals surface area contributed by atoms with Crippen LogP contribution in [-0.2, 0) is 34.0 Å². The second-order valence-corrected chi connectivity index (χ2v) is 14.0. The normalized spacial score (nSPS) is 18.7. The molecular weight excluding hydrogens is 703 g/mol. The van der Waals surface area contributed by atoms with Crippen LogP contribution in [0.15, 0.2) is 72.8 Å². The number of aliphatic hydroxyl groups excluding tert-OH is 1. The molecule has 1 fully saturated rings. The molecule has 1 saturated heterocycles. The van der Waals surface area contributed by atoms with E-state index < -0.39 is 0 Å². The molecule has 278 valence electrons. The van der Waals surface area contributed by atoms with Crippen molar-refractivity contribution in [1.82, 2.24) is 15.2 Å². The molecule has 10 nitrogen and oxygen atoms in total. The third-order valence-corrected chi connectivity index (χ3v) is 10.1. The van der Waals surface area contributed by atoms with E-state index in [1.165, 1.54) is 6.20 Å². The van der Waals surface area contributed by atoms with Gasteiger partial charge in [0.15, 0.2) is 0 Å². The highest BCUT2D eigenvalue weighted by atomic mass is 35.5. The van der Waals surface area contributed by atoms with E-state index in [9.17, 15) is 10.4 Å². The minimum atomic E-state index is -0.347. The number of hydrogen-bond acceptors (Lipinski definition) is 10. The van der Waals surface area contributed by atoms with Crippen molar-refractivity contribution in [2.24, 2.45) is 0 Å². The first-order chi connectivity index (χ1) is 25.3. The lowest BCUT2D eigenvalue weighted by Gasteiger charge is -2.27. The third-order valence-electron chi connectivity index (χ3n) is 9.28. The Morgan fingerprint density at radius 1 is 1.06 bits per heavy atom. The molecule has 0 spiro atoms. The van der Waals surface area contributed by atoms with Crippen LogP contribution in [0.5, 0.6) is 11.5 Å². The zero-order valence-corrected chi connectivity index (χ0v) is 31.5. The van der Waals surface area contributed by atoms with E-state index in [1.807, 2.05) is 30.4 Å². The first-order valence-electron chi connectivity index (χ1n) is 17.6. The summed E-state index contributed by atoms with van der Waals surface area (Å²) in [6.07, 6.45) is 10.7. The Kier molecular flexibility index (Phi) is 15.2. The van der Waals surface area contributed by atoms with Crippen LogP contribution in [0.2, 0.25) is 5.02 Å². The van der Waals surface area contributed by atoms with E-state index in [0.29, 0.717) is 48.5 Å². The van der Waals surface area contributed by atoms with Crippen LogP contribution >= 0.6 is 23.2 Å². The Labute approximate surface area is 316 Å². The average molecular weight is 752 g/mol. The lowest BCUT2D eigenvalue weighted by atomic mass is 9.86. The van der Waals surface area contributed by atoms with E-state index in [0.717, 1.165) is 66.1 Å². The number of allylic oxidation sites excluding steroid dienone is 4. The maximum Gasteiger partial charge on any atom is 0.142 e. The molecule has 0 radical (unpaired) electrons. The van der Waals surface area contributed by atoms with Crippen LogP contribution in [-0.4, -0.2) is 86.2 Å². The topological polar surface area (TPSA) is 118 Å². The fourth-order valence-corrected chi connectivity index (χ4v) is 7.06. The van der Waals surface area contributed by atoms with Crippen LogP contribution in [0.4, 0.5) is 0 Å². The molecule has 2 N–H and O–H groups in total. The van der Waals surface area contributed by atoms with Gasteiger partial charge in [0.05, 0.1) is 42.6 Å². The smallest absolute Gasteiger partial charge is 0.142 e. The molecule has 0 saturated carbocycles. The summed E-state index contributed by atoms with van der Waals surface area (Å²) in [6.45, 7) is 7.08. The molecule has 3 aromatic rings. The van der Waals surface area contributed by atoms with Gasteiger partial charge in [-0.25, -0.2) is 0 Å². The summed E-state index contributed by atoms with van der Waals surface area (Å²) in [4.78, 5) is 6.42. The molecule has 1 aromatic heterocycles. The summed E-state index contributed by atoms with van der Waals surface area (Å²) in [5.41, 5.74) is 5.24. The largest absolute Gasteiger partial charge is 0.496 e.